The molecule has 0 radical (unpaired) electrons. The van der Waals surface area contributed by atoms with Gasteiger partial charge in [0.2, 0.25) is 0 Å². The van der Waals surface area contributed by atoms with E-state index in [9.17, 15) is 0 Å². The topological polar surface area (TPSA) is 12.9 Å². The van der Waals surface area contributed by atoms with Gasteiger partial charge in [0, 0.05) is 9.86 Å². The van der Waals surface area contributed by atoms with E-state index in [4.69, 9.17) is 4.98 Å². The molecule has 19 heavy (non-hydrogen) atoms. The Hall–Kier alpha value is -0.890. The molecule has 0 bridgehead atoms. The van der Waals surface area contributed by atoms with E-state index >= 15 is 0 Å². The number of halogens is 1. The number of hydrogen-bond acceptors (Lipinski definition) is 1. The molecule has 0 aliphatic heterocycles. The summed E-state index contributed by atoms with van der Waals surface area (Å²) in [6, 6.07) is 10.5. The summed E-state index contributed by atoms with van der Waals surface area (Å²) in [7, 11) is 0. The van der Waals surface area contributed by atoms with Gasteiger partial charge in [0.1, 0.15) is 0 Å². The number of unbranched alkanes of at least 4 members (excludes halogenated alkanes) is 5. The van der Waals surface area contributed by atoms with Crippen LogP contribution in [0.3, 0.4) is 0 Å². The molecule has 1 heterocycles. The van der Waals surface area contributed by atoms with Crippen molar-refractivity contribution in [2.75, 3.05) is 0 Å². The van der Waals surface area contributed by atoms with Crippen molar-refractivity contribution in [1.29, 1.82) is 0 Å². The van der Waals surface area contributed by atoms with Gasteiger partial charge in [-0.2, -0.15) is 0 Å². The molecule has 0 saturated carbocycles. The van der Waals surface area contributed by atoms with Crippen molar-refractivity contribution in [1.82, 2.24) is 4.98 Å². The highest BCUT2D eigenvalue weighted by Gasteiger charge is 2.04. The number of aryl methyl sites for hydroxylation is 1. The smallest absolute Gasteiger partial charge is 0.0706 e. The van der Waals surface area contributed by atoms with Crippen LogP contribution in [-0.2, 0) is 6.42 Å². The molecule has 2 rings (SSSR count). The van der Waals surface area contributed by atoms with Crippen molar-refractivity contribution < 1.29 is 0 Å². The molecule has 102 valence electrons. The second-order valence-corrected chi connectivity index (χ2v) is 5.98. The molecule has 0 spiro atoms. The molecule has 0 aliphatic carbocycles. The van der Waals surface area contributed by atoms with Crippen molar-refractivity contribution in [3.05, 3.63) is 40.5 Å². The zero-order valence-electron chi connectivity index (χ0n) is 11.7. The Morgan fingerprint density at radius 3 is 2.58 bits per heavy atom. The van der Waals surface area contributed by atoms with Crippen LogP contribution in [0.4, 0.5) is 0 Å². The van der Waals surface area contributed by atoms with Gasteiger partial charge in [0.15, 0.2) is 0 Å². The predicted molar refractivity (Wildman–Crippen MR) is 86.5 cm³/mol. The number of para-hydroxylation sites is 1. The van der Waals surface area contributed by atoms with E-state index in [1.54, 1.807) is 0 Å². The van der Waals surface area contributed by atoms with Crippen LogP contribution in [0.15, 0.2) is 34.8 Å². The maximum Gasteiger partial charge on any atom is 0.0706 e. The van der Waals surface area contributed by atoms with Gasteiger partial charge in [-0.3, -0.25) is 4.98 Å². The number of fused-ring (bicyclic) bond motifs is 1. The molecule has 0 aliphatic rings. The first-order valence-corrected chi connectivity index (χ1v) is 8.14. The van der Waals surface area contributed by atoms with Crippen LogP contribution in [0.1, 0.15) is 51.1 Å². The molecular weight excluding hydrogens is 298 g/mol. The Balaban J connectivity index is 1.91. The second kappa shape index (κ2) is 7.64. The molecule has 0 amide bonds. The first-order valence-electron chi connectivity index (χ1n) is 7.35. The summed E-state index contributed by atoms with van der Waals surface area (Å²) in [6.07, 6.45) is 9.07. The van der Waals surface area contributed by atoms with Gasteiger partial charge in [0.05, 0.1) is 11.2 Å². The van der Waals surface area contributed by atoms with Gasteiger partial charge >= 0.3 is 0 Å². The third kappa shape index (κ3) is 4.31. The van der Waals surface area contributed by atoms with E-state index in [0.717, 1.165) is 16.4 Å². The average Bonchev–Trinajstić information content (AvgIpc) is 2.43. The monoisotopic (exact) mass is 319 g/mol. The highest BCUT2D eigenvalue weighted by Crippen LogP contribution is 2.23. The Morgan fingerprint density at radius 2 is 1.74 bits per heavy atom. The van der Waals surface area contributed by atoms with E-state index < -0.39 is 0 Å². The standard InChI is InChI=1S/C17H22BrN/c1-2-3-4-5-6-7-12-17-15(18)13-14-10-8-9-11-16(14)19-17/h8-11,13H,2-7,12H2,1H3. The summed E-state index contributed by atoms with van der Waals surface area (Å²) in [5.74, 6) is 0. The Kier molecular flexibility index (Phi) is 5.84. The quantitative estimate of drug-likeness (QED) is 0.579. The Bertz CT molecular complexity index is 522. The summed E-state index contributed by atoms with van der Waals surface area (Å²) in [4.78, 5) is 4.76. The van der Waals surface area contributed by atoms with Gasteiger partial charge < -0.3 is 0 Å². The van der Waals surface area contributed by atoms with Gasteiger partial charge in [0.25, 0.3) is 0 Å². The minimum atomic E-state index is 1.08. The van der Waals surface area contributed by atoms with E-state index in [2.05, 4.69) is 53.2 Å². The van der Waals surface area contributed by atoms with Gasteiger partial charge in [-0.15, -0.1) is 0 Å². The predicted octanol–water partition coefficient (Wildman–Crippen LogP) is 5.90. The molecule has 0 unspecified atom stereocenters. The number of aromatic nitrogens is 1. The fourth-order valence-corrected chi connectivity index (χ4v) is 2.91. The fraction of sp³-hybridized carbons (Fsp3) is 0.471. The van der Waals surface area contributed by atoms with Gasteiger partial charge in [-0.1, -0.05) is 57.2 Å². The van der Waals surface area contributed by atoms with Crippen molar-refractivity contribution in [2.24, 2.45) is 0 Å². The van der Waals surface area contributed by atoms with Crippen molar-refractivity contribution in [2.45, 2.75) is 51.9 Å². The fourth-order valence-electron chi connectivity index (χ4n) is 2.38. The SMILES string of the molecule is CCCCCCCCc1nc2ccccc2cc1Br. The highest BCUT2D eigenvalue weighted by atomic mass is 79.9. The maximum atomic E-state index is 4.76. The van der Waals surface area contributed by atoms with E-state index in [1.165, 1.54) is 49.6 Å². The van der Waals surface area contributed by atoms with Gasteiger partial charge in [-0.25, -0.2) is 0 Å². The number of nitrogens with zero attached hydrogens (tertiary/aromatic N) is 1. The number of rotatable bonds is 7. The third-order valence-electron chi connectivity index (χ3n) is 3.52. The lowest BCUT2D eigenvalue weighted by Gasteiger charge is -2.06. The normalized spacial score (nSPS) is 11.1. The van der Waals surface area contributed by atoms with Crippen LogP contribution in [0, 0.1) is 0 Å². The first kappa shape index (κ1) is 14.5. The van der Waals surface area contributed by atoms with Crippen LogP contribution >= 0.6 is 15.9 Å². The third-order valence-corrected chi connectivity index (χ3v) is 4.20. The summed E-state index contributed by atoms with van der Waals surface area (Å²) >= 11 is 3.65. The summed E-state index contributed by atoms with van der Waals surface area (Å²) in [5.41, 5.74) is 2.31. The lowest BCUT2D eigenvalue weighted by Crippen LogP contribution is -1.93. The number of benzene rings is 1. The molecule has 0 N–H and O–H groups in total. The zero-order valence-corrected chi connectivity index (χ0v) is 13.2. The zero-order chi connectivity index (χ0) is 13.5. The molecule has 2 aromatic rings. The van der Waals surface area contributed by atoms with Crippen molar-refractivity contribution >= 4 is 26.8 Å². The molecule has 0 saturated heterocycles. The molecule has 1 aromatic heterocycles. The minimum absolute atomic E-state index is 1.08. The van der Waals surface area contributed by atoms with E-state index in [1.807, 2.05) is 0 Å². The van der Waals surface area contributed by atoms with E-state index in [-0.39, 0.29) is 0 Å². The molecular formula is C17H22BrN. The molecule has 2 heteroatoms. The van der Waals surface area contributed by atoms with Crippen LogP contribution in [0.25, 0.3) is 10.9 Å². The Morgan fingerprint density at radius 1 is 1.00 bits per heavy atom. The van der Waals surface area contributed by atoms with E-state index in [0.29, 0.717) is 0 Å². The van der Waals surface area contributed by atoms with Crippen molar-refractivity contribution in [3.8, 4) is 0 Å². The lowest BCUT2D eigenvalue weighted by atomic mass is 10.1. The van der Waals surface area contributed by atoms with Crippen LogP contribution in [0.2, 0.25) is 0 Å². The van der Waals surface area contributed by atoms with Crippen LogP contribution < -0.4 is 0 Å². The minimum Gasteiger partial charge on any atom is -0.252 e. The highest BCUT2D eigenvalue weighted by molar-refractivity contribution is 9.10. The van der Waals surface area contributed by atoms with Crippen LogP contribution in [0.5, 0.6) is 0 Å². The molecule has 1 aromatic carbocycles. The number of pyridine rings is 1. The lowest BCUT2D eigenvalue weighted by molar-refractivity contribution is 0.604. The Labute approximate surface area is 124 Å². The van der Waals surface area contributed by atoms with Crippen LogP contribution in [-0.4, -0.2) is 4.98 Å². The summed E-state index contributed by atoms with van der Waals surface area (Å²) in [5, 5.41) is 1.21. The second-order valence-electron chi connectivity index (χ2n) is 5.13. The average molecular weight is 320 g/mol. The van der Waals surface area contributed by atoms with Crippen molar-refractivity contribution in [3.63, 3.8) is 0 Å². The largest absolute Gasteiger partial charge is 0.252 e. The first-order chi connectivity index (χ1) is 9.31. The maximum absolute atomic E-state index is 4.76. The molecule has 0 fully saturated rings. The summed E-state index contributed by atoms with van der Waals surface area (Å²) in [6.45, 7) is 2.26. The van der Waals surface area contributed by atoms with Gasteiger partial charge in [-0.05, 0) is 40.9 Å². The molecule has 1 nitrogen and oxygen atoms in total. The summed E-state index contributed by atoms with van der Waals surface area (Å²) < 4.78 is 1.15. The molecule has 0 atom stereocenters. The number of hydrogen-bond donors (Lipinski definition) is 0.